The van der Waals surface area contributed by atoms with E-state index in [1.54, 1.807) is 0 Å². The van der Waals surface area contributed by atoms with Gasteiger partial charge in [-0.25, -0.2) is 0 Å². The lowest BCUT2D eigenvalue weighted by Gasteiger charge is -2.33. The Kier molecular flexibility index (Phi) is 5.87. The van der Waals surface area contributed by atoms with Crippen molar-refractivity contribution in [1.82, 2.24) is 0 Å². The molecule has 1 fully saturated rings. The topological polar surface area (TPSA) is 0 Å². The van der Waals surface area contributed by atoms with Crippen LogP contribution in [0, 0.1) is 11.8 Å². The van der Waals surface area contributed by atoms with Gasteiger partial charge in [0.15, 0.2) is 0 Å². The van der Waals surface area contributed by atoms with Gasteiger partial charge in [-0.3, -0.25) is 0 Å². The Bertz CT molecular complexity index is 416. The summed E-state index contributed by atoms with van der Waals surface area (Å²) in [5.74, 6) is 1.37. The molecule has 0 bridgehead atoms. The zero-order chi connectivity index (χ0) is 13.8. The summed E-state index contributed by atoms with van der Waals surface area (Å²) in [5, 5.41) is 1.63. The summed E-state index contributed by atoms with van der Waals surface area (Å²) in [6, 6.07) is 5.88. The molecule has 3 atom stereocenters. The second-order valence-corrected chi connectivity index (χ2v) is 7.01. The summed E-state index contributed by atoms with van der Waals surface area (Å²) in [7, 11) is 0. The van der Waals surface area contributed by atoms with Gasteiger partial charge in [0.2, 0.25) is 0 Å². The first kappa shape index (κ1) is 15.5. The lowest BCUT2D eigenvalue weighted by molar-refractivity contribution is 0.257. The van der Waals surface area contributed by atoms with Crippen LogP contribution in [-0.2, 0) is 6.42 Å². The van der Waals surface area contributed by atoms with Crippen molar-refractivity contribution in [2.24, 2.45) is 11.8 Å². The molecule has 1 aromatic carbocycles. The van der Waals surface area contributed by atoms with Crippen molar-refractivity contribution in [2.75, 3.05) is 0 Å². The smallest absolute Gasteiger partial charge is 0.0624 e. The van der Waals surface area contributed by atoms with Crippen LogP contribution in [0.1, 0.15) is 44.6 Å². The van der Waals surface area contributed by atoms with Crippen molar-refractivity contribution < 1.29 is 0 Å². The highest BCUT2D eigenvalue weighted by molar-refractivity contribution is 6.42. The van der Waals surface area contributed by atoms with Gasteiger partial charge in [-0.05, 0) is 49.1 Å². The SMILES string of the molecule is CCCC1CCC(Cl)C(Cc2cccc(Cl)c2Cl)C1. The third-order valence-electron chi connectivity index (χ3n) is 4.21. The van der Waals surface area contributed by atoms with Crippen molar-refractivity contribution in [3.05, 3.63) is 33.8 Å². The minimum atomic E-state index is 0.281. The van der Waals surface area contributed by atoms with Crippen molar-refractivity contribution in [1.29, 1.82) is 0 Å². The maximum atomic E-state index is 6.51. The summed E-state index contributed by atoms with van der Waals surface area (Å²) >= 11 is 18.9. The van der Waals surface area contributed by atoms with Crippen LogP contribution in [0.25, 0.3) is 0 Å². The number of hydrogen-bond acceptors (Lipinski definition) is 0. The summed E-state index contributed by atoms with van der Waals surface area (Å²) in [6.07, 6.45) is 7.18. The Morgan fingerprint density at radius 3 is 2.74 bits per heavy atom. The van der Waals surface area contributed by atoms with Gasteiger partial charge in [0.1, 0.15) is 0 Å². The third kappa shape index (κ3) is 4.03. The van der Waals surface area contributed by atoms with Crippen molar-refractivity contribution in [2.45, 2.75) is 50.8 Å². The van der Waals surface area contributed by atoms with Gasteiger partial charge in [-0.1, -0.05) is 55.1 Å². The fourth-order valence-electron chi connectivity index (χ4n) is 3.19. The number of halogens is 3. The van der Waals surface area contributed by atoms with E-state index >= 15 is 0 Å². The first-order valence-electron chi connectivity index (χ1n) is 7.18. The van der Waals surface area contributed by atoms with Gasteiger partial charge in [0, 0.05) is 5.38 Å². The molecule has 0 heterocycles. The van der Waals surface area contributed by atoms with Gasteiger partial charge >= 0.3 is 0 Å². The fraction of sp³-hybridized carbons (Fsp3) is 0.625. The predicted octanol–water partition coefficient (Wildman–Crippen LogP) is 6.36. The zero-order valence-electron chi connectivity index (χ0n) is 11.3. The van der Waals surface area contributed by atoms with Crippen LogP contribution in [0.3, 0.4) is 0 Å². The Morgan fingerprint density at radius 1 is 1.21 bits per heavy atom. The Hall–Kier alpha value is 0.0900. The van der Waals surface area contributed by atoms with E-state index < -0.39 is 0 Å². The van der Waals surface area contributed by atoms with E-state index in [9.17, 15) is 0 Å². The molecule has 0 saturated heterocycles. The van der Waals surface area contributed by atoms with E-state index in [0.717, 1.165) is 24.3 Å². The lowest BCUT2D eigenvalue weighted by atomic mass is 9.76. The molecule has 0 radical (unpaired) electrons. The molecule has 19 heavy (non-hydrogen) atoms. The van der Waals surface area contributed by atoms with Crippen molar-refractivity contribution in [3.63, 3.8) is 0 Å². The molecule has 106 valence electrons. The minimum Gasteiger partial charge on any atom is -0.123 e. The summed E-state index contributed by atoms with van der Waals surface area (Å²) < 4.78 is 0. The molecule has 0 aromatic heterocycles. The molecule has 0 aliphatic heterocycles. The predicted molar refractivity (Wildman–Crippen MR) is 85.5 cm³/mol. The molecular weight excluding hydrogens is 299 g/mol. The zero-order valence-corrected chi connectivity index (χ0v) is 13.6. The van der Waals surface area contributed by atoms with E-state index in [1.807, 2.05) is 12.1 Å². The normalized spacial score (nSPS) is 27.5. The number of benzene rings is 1. The standard InChI is InChI=1S/C16H21Cl3/c1-2-4-11-7-8-14(17)13(9-11)10-12-5-3-6-15(18)16(12)19/h3,5-6,11,13-14H,2,4,7-10H2,1H3. The van der Waals surface area contributed by atoms with Gasteiger partial charge in [-0.2, -0.15) is 0 Å². The van der Waals surface area contributed by atoms with Crippen molar-refractivity contribution in [3.8, 4) is 0 Å². The average Bonchev–Trinajstić information content (AvgIpc) is 2.39. The van der Waals surface area contributed by atoms with E-state index in [4.69, 9.17) is 34.8 Å². The highest BCUT2D eigenvalue weighted by atomic mass is 35.5. The molecule has 3 heteroatoms. The van der Waals surface area contributed by atoms with Gasteiger partial charge < -0.3 is 0 Å². The third-order valence-corrected chi connectivity index (χ3v) is 5.64. The Morgan fingerprint density at radius 2 is 2.00 bits per heavy atom. The quantitative estimate of drug-likeness (QED) is 0.566. The fourth-order valence-corrected chi connectivity index (χ4v) is 3.91. The van der Waals surface area contributed by atoms with Crippen LogP contribution < -0.4 is 0 Å². The maximum Gasteiger partial charge on any atom is 0.0624 e. The second kappa shape index (κ2) is 7.20. The second-order valence-electron chi connectivity index (χ2n) is 5.66. The molecule has 1 aliphatic carbocycles. The monoisotopic (exact) mass is 318 g/mol. The summed E-state index contributed by atoms with van der Waals surface area (Å²) in [6.45, 7) is 2.26. The molecule has 1 saturated carbocycles. The first-order valence-corrected chi connectivity index (χ1v) is 8.38. The minimum absolute atomic E-state index is 0.281. The highest BCUT2D eigenvalue weighted by Crippen LogP contribution is 2.38. The van der Waals surface area contributed by atoms with E-state index in [-0.39, 0.29) is 5.38 Å². The number of hydrogen-bond donors (Lipinski definition) is 0. The highest BCUT2D eigenvalue weighted by Gasteiger charge is 2.29. The largest absolute Gasteiger partial charge is 0.123 e. The molecule has 0 amide bonds. The number of rotatable bonds is 4. The molecule has 1 aliphatic rings. The molecular formula is C16H21Cl3. The van der Waals surface area contributed by atoms with Crippen LogP contribution >= 0.6 is 34.8 Å². The average molecular weight is 320 g/mol. The van der Waals surface area contributed by atoms with Crippen LogP contribution in [0.4, 0.5) is 0 Å². The molecule has 0 N–H and O–H groups in total. The molecule has 2 rings (SSSR count). The maximum absolute atomic E-state index is 6.51. The van der Waals surface area contributed by atoms with Crippen LogP contribution in [0.2, 0.25) is 10.0 Å². The summed E-state index contributed by atoms with van der Waals surface area (Å²) in [5.41, 5.74) is 1.14. The number of alkyl halides is 1. The molecule has 3 unspecified atom stereocenters. The van der Waals surface area contributed by atoms with E-state index in [0.29, 0.717) is 16.0 Å². The molecule has 1 aromatic rings. The van der Waals surface area contributed by atoms with Crippen LogP contribution in [0.5, 0.6) is 0 Å². The van der Waals surface area contributed by atoms with Gasteiger partial charge in [0.05, 0.1) is 10.0 Å². The molecule has 0 spiro atoms. The lowest BCUT2D eigenvalue weighted by Crippen LogP contribution is -2.27. The van der Waals surface area contributed by atoms with Crippen LogP contribution in [0.15, 0.2) is 18.2 Å². The summed E-state index contributed by atoms with van der Waals surface area (Å²) in [4.78, 5) is 0. The Balaban J connectivity index is 2.05. The van der Waals surface area contributed by atoms with Crippen LogP contribution in [-0.4, -0.2) is 5.38 Å². The molecule has 0 nitrogen and oxygen atoms in total. The van der Waals surface area contributed by atoms with E-state index in [2.05, 4.69) is 13.0 Å². The first-order chi connectivity index (χ1) is 9.11. The van der Waals surface area contributed by atoms with E-state index in [1.165, 1.54) is 25.7 Å². The van der Waals surface area contributed by atoms with Gasteiger partial charge in [0.25, 0.3) is 0 Å². The van der Waals surface area contributed by atoms with Crippen molar-refractivity contribution >= 4 is 34.8 Å². The Labute approximate surface area is 131 Å². The van der Waals surface area contributed by atoms with Gasteiger partial charge in [-0.15, -0.1) is 11.6 Å².